The van der Waals surface area contributed by atoms with Gasteiger partial charge >= 0.3 is 0 Å². The third-order valence-corrected chi connectivity index (χ3v) is 7.96. The third-order valence-electron chi connectivity index (χ3n) is 7.27. The zero-order chi connectivity index (χ0) is 19.6. The summed E-state index contributed by atoms with van der Waals surface area (Å²) in [6.07, 6.45) is 14.1. The lowest BCUT2D eigenvalue weighted by Gasteiger charge is -2.46. The third kappa shape index (κ3) is 4.38. The highest BCUT2D eigenvalue weighted by Crippen LogP contribution is 2.29. The Bertz CT molecular complexity index is 815. The highest BCUT2D eigenvalue weighted by molar-refractivity contribution is 7.13. The maximum atomic E-state index is 12.7. The predicted octanol–water partition coefficient (Wildman–Crippen LogP) is 1.79. The Morgan fingerprint density at radius 1 is 1.28 bits per heavy atom. The minimum atomic E-state index is 0.108. The molecular formula is C21H31N6OS+. The van der Waals surface area contributed by atoms with Crippen LogP contribution >= 0.6 is 11.3 Å². The first kappa shape index (κ1) is 19.2. The van der Waals surface area contributed by atoms with E-state index in [9.17, 15) is 4.79 Å². The molecule has 0 radical (unpaired) electrons. The second kappa shape index (κ2) is 8.52. The molecule has 156 valence electrons. The number of carbonyl (C=O) groups excluding carboxylic acids is 1. The number of rotatable bonds is 6. The molecule has 2 N–H and O–H groups in total. The highest BCUT2D eigenvalue weighted by Gasteiger charge is 2.46. The molecule has 4 atom stereocenters. The maximum Gasteiger partial charge on any atom is 0.235 e. The normalized spacial score (nSPS) is 29.8. The van der Waals surface area contributed by atoms with E-state index in [1.165, 1.54) is 50.0 Å². The predicted molar refractivity (Wildman–Crippen MR) is 112 cm³/mol. The molecule has 0 spiro atoms. The van der Waals surface area contributed by atoms with E-state index in [1.54, 1.807) is 11.1 Å². The topological polar surface area (TPSA) is 77.1 Å². The van der Waals surface area contributed by atoms with Gasteiger partial charge in [0, 0.05) is 30.6 Å². The molecule has 4 fully saturated rings. The molecule has 2 aromatic heterocycles. The number of hydrogen-bond acceptors (Lipinski definition) is 5. The summed E-state index contributed by atoms with van der Waals surface area (Å²) in [7, 11) is 0. The lowest BCUT2D eigenvalue weighted by Crippen LogP contribution is -3.20. The van der Waals surface area contributed by atoms with Crippen LogP contribution in [-0.2, 0) is 17.8 Å². The Labute approximate surface area is 175 Å². The van der Waals surface area contributed by atoms with Gasteiger partial charge in [0.05, 0.1) is 31.2 Å². The van der Waals surface area contributed by atoms with Gasteiger partial charge in [0.1, 0.15) is 6.04 Å². The van der Waals surface area contributed by atoms with Crippen molar-refractivity contribution < 1.29 is 9.69 Å². The van der Waals surface area contributed by atoms with Crippen molar-refractivity contribution in [2.24, 2.45) is 17.8 Å². The van der Waals surface area contributed by atoms with Crippen molar-refractivity contribution in [2.45, 2.75) is 64.0 Å². The monoisotopic (exact) mass is 415 g/mol. The number of thiazole rings is 1. The summed E-state index contributed by atoms with van der Waals surface area (Å²) in [5.74, 6) is 1.53. The molecule has 4 aliphatic rings. The van der Waals surface area contributed by atoms with Crippen molar-refractivity contribution in [3.8, 4) is 0 Å². The van der Waals surface area contributed by atoms with Crippen LogP contribution in [-0.4, -0.2) is 45.0 Å². The van der Waals surface area contributed by atoms with Gasteiger partial charge in [0.2, 0.25) is 5.91 Å². The van der Waals surface area contributed by atoms with E-state index in [0.717, 1.165) is 44.0 Å². The second-order valence-corrected chi connectivity index (χ2v) is 10.1. The van der Waals surface area contributed by atoms with Gasteiger partial charge in [-0.25, -0.2) is 9.67 Å². The van der Waals surface area contributed by atoms with Crippen molar-refractivity contribution >= 4 is 22.4 Å². The van der Waals surface area contributed by atoms with Crippen LogP contribution in [0.3, 0.4) is 0 Å². The van der Waals surface area contributed by atoms with E-state index in [0.29, 0.717) is 17.1 Å². The molecule has 2 bridgehead atoms. The van der Waals surface area contributed by atoms with Gasteiger partial charge in [-0.3, -0.25) is 4.79 Å². The van der Waals surface area contributed by atoms with Gasteiger partial charge in [0.25, 0.3) is 0 Å². The molecular weight excluding hydrogens is 384 g/mol. The number of nitrogens with zero attached hydrogens (tertiary/aromatic N) is 4. The fourth-order valence-corrected chi connectivity index (χ4v) is 6.27. The molecule has 1 saturated carbocycles. The van der Waals surface area contributed by atoms with E-state index in [-0.39, 0.29) is 11.8 Å². The summed E-state index contributed by atoms with van der Waals surface area (Å²) in [5, 5.41) is 14.5. The van der Waals surface area contributed by atoms with Gasteiger partial charge in [-0.15, -0.1) is 16.4 Å². The van der Waals surface area contributed by atoms with Crippen molar-refractivity contribution in [2.75, 3.05) is 18.4 Å². The molecule has 6 rings (SSSR count). The number of nitrogens with one attached hydrogen (secondary N) is 2. The Morgan fingerprint density at radius 3 is 2.93 bits per heavy atom. The lowest BCUT2D eigenvalue weighted by atomic mass is 9.75. The Balaban J connectivity index is 1.16. The fourth-order valence-electron chi connectivity index (χ4n) is 5.74. The van der Waals surface area contributed by atoms with Crippen LogP contribution < -0.4 is 10.2 Å². The van der Waals surface area contributed by atoms with Crippen molar-refractivity contribution in [3.05, 3.63) is 23.5 Å². The average Bonchev–Trinajstić information content (AvgIpc) is 3.41. The molecule has 29 heavy (non-hydrogen) atoms. The summed E-state index contributed by atoms with van der Waals surface area (Å²) < 4.78 is 2.06. The van der Waals surface area contributed by atoms with Crippen LogP contribution in [0.25, 0.3) is 0 Å². The first-order valence-corrected chi connectivity index (χ1v) is 12.1. The maximum absolute atomic E-state index is 12.7. The van der Waals surface area contributed by atoms with E-state index in [4.69, 9.17) is 0 Å². The summed E-state index contributed by atoms with van der Waals surface area (Å²) in [5.41, 5.74) is 1.16. The van der Waals surface area contributed by atoms with Crippen molar-refractivity contribution in [1.29, 1.82) is 0 Å². The average molecular weight is 416 g/mol. The van der Waals surface area contributed by atoms with E-state index in [2.05, 4.69) is 31.5 Å². The molecule has 7 nitrogen and oxygen atoms in total. The summed E-state index contributed by atoms with van der Waals surface area (Å²) in [6, 6.07) is 0.543. The largest absolute Gasteiger partial charge is 0.330 e. The number of fused-ring (bicyclic) bond motifs is 3. The van der Waals surface area contributed by atoms with E-state index in [1.807, 2.05) is 5.38 Å². The fraction of sp³-hybridized carbons (Fsp3) is 0.714. The molecule has 3 aliphatic heterocycles. The Morgan fingerprint density at radius 2 is 2.17 bits per heavy atom. The quantitative estimate of drug-likeness (QED) is 0.754. The number of carbonyl (C=O) groups is 1. The molecule has 5 heterocycles. The van der Waals surface area contributed by atoms with E-state index < -0.39 is 0 Å². The van der Waals surface area contributed by atoms with Crippen LogP contribution in [0.5, 0.6) is 0 Å². The van der Waals surface area contributed by atoms with Crippen molar-refractivity contribution in [3.63, 3.8) is 0 Å². The SMILES string of the molecule is O=C(Nc1nccs1)[C@H]1C[NH+]2CC[C@@H]1C[C@@H]2Cn1cc(CC2CCCCC2)nn1. The first-order chi connectivity index (χ1) is 14.2. The van der Waals surface area contributed by atoms with Gasteiger partial charge < -0.3 is 10.2 Å². The highest BCUT2D eigenvalue weighted by atomic mass is 32.1. The van der Waals surface area contributed by atoms with Crippen LogP contribution in [0.4, 0.5) is 5.13 Å². The smallest absolute Gasteiger partial charge is 0.235 e. The van der Waals surface area contributed by atoms with Crippen LogP contribution in [0.1, 0.15) is 50.6 Å². The van der Waals surface area contributed by atoms with Crippen LogP contribution in [0.2, 0.25) is 0 Å². The van der Waals surface area contributed by atoms with Gasteiger partial charge in [-0.1, -0.05) is 37.3 Å². The molecule has 1 amide bonds. The zero-order valence-corrected chi connectivity index (χ0v) is 17.7. The van der Waals surface area contributed by atoms with Gasteiger partial charge in [-0.05, 0) is 18.3 Å². The summed E-state index contributed by atoms with van der Waals surface area (Å²) in [6.45, 7) is 3.01. The van der Waals surface area contributed by atoms with Crippen molar-refractivity contribution in [1.82, 2.24) is 20.0 Å². The Hall–Kier alpha value is -1.80. The molecule has 3 saturated heterocycles. The zero-order valence-electron chi connectivity index (χ0n) is 16.9. The number of anilines is 1. The molecule has 2 aromatic rings. The minimum Gasteiger partial charge on any atom is -0.330 e. The van der Waals surface area contributed by atoms with Crippen LogP contribution in [0, 0.1) is 17.8 Å². The molecule has 1 unspecified atom stereocenters. The van der Waals surface area contributed by atoms with Crippen LogP contribution in [0.15, 0.2) is 17.8 Å². The minimum absolute atomic E-state index is 0.108. The molecule has 0 aromatic carbocycles. The summed E-state index contributed by atoms with van der Waals surface area (Å²) in [4.78, 5) is 18.5. The number of aromatic nitrogens is 4. The molecule has 1 aliphatic carbocycles. The number of hydrogen-bond donors (Lipinski definition) is 2. The second-order valence-electron chi connectivity index (χ2n) is 9.17. The standard InChI is InChI=1S/C21H30N6OS/c28-20(23-21-22-7-9-29-21)19-14-26-8-6-16(19)11-18(26)13-27-12-17(24-25-27)10-15-4-2-1-3-5-15/h7,9,12,15-16,18-19H,1-6,8,10-11,13-14H2,(H,22,23,28)/p+1/t16-,18-,19+/m1/s1. The summed E-state index contributed by atoms with van der Waals surface area (Å²) >= 11 is 1.48. The number of piperidine rings is 3. The lowest BCUT2D eigenvalue weighted by molar-refractivity contribution is -0.945. The van der Waals surface area contributed by atoms with E-state index >= 15 is 0 Å². The molecule has 8 heteroatoms. The Kier molecular flexibility index (Phi) is 5.63. The number of amides is 1. The first-order valence-electron chi connectivity index (χ1n) is 11.2. The van der Waals surface area contributed by atoms with Gasteiger partial charge in [-0.2, -0.15) is 0 Å². The number of quaternary nitrogens is 1. The van der Waals surface area contributed by atoms with Gasteiger partial charge in [0.15, 0.2) is 5.13 Å².